The number of ether oxygens (including phenoxy) is 2. The second kappa shape index (κ2) is 13.2. The average molecular weight is 654 g/mol. The lowest BCUT2D eigenvalue weighted by Gasteiger charge is -2.22. The van der Waals surface area contributed by atoms with Gasteiger partial charge in [-0.2, -0.15) is 13.8 Å². The Morgan fingerprint density at radius 2 is 1.93 bits per heavy atom. The maximum atomic E-state index is 15.0. The number of aromatic nitrogens is 4. The second-order valence-corrected chi connectivity index (χ2v) is 13.5. The van der Waals surface area contributed by atoms with Gasteiger partial charge in [-0.1, -0.05) is 6.92 Å². The Kier molecular flexibility index (Phi) is 10.1. The van der Waals surface area contributed by atoms with Crippen LogP contribution in [-0.2, 0) is 48.2 Å². The van der Waals surface area contributed by atoms with Crippen LogP contribution in [0.5, 0.6) is 0 Å². The van der Waals surface area contributed by atoms with E-state index in [1.807, 2.05) is 38.5 Å². The first-order valence-electron chi connectivity index (χ1n) is 14.4. The van der Waals surface area contributed by atoms with E-state index in [4.69, 9.17) is 14.0 Å². The standard InChI is InChI=1S/C29H38F2N5O8P/c1-8-21(37)18(5)34-45(7,41)43-13-22-26(39)29(30,31)27(44-22)36-10-9-19(32-28(36)40)12-24(38)42-14-23-33-20-11-15(2)16(3)17(4)25(20)35(23)6/h9-11,18,22,26-27,39H,8,12-14H2,1-7H3,(H,34,41)/t18-,22+,26+,27+,45?/m0/s1. The van der Waals surface area contributed by atoms with Crippen LogP contribution in [0.25, 0.3) is 11.0 Å². The highest BCUT2D eigenvalue weighted by Crippen LogP contribution is 2.45. The number of aliphatic hydroxyl groups excluding tert-OH is 1. The molecule has 3 aromatic rings. The summed E-state index contributed by atoms with van der Waals surface area (Å²) in [7, 11) is -1.81. The smallest absolute Gasteiger partial charge is 0.350 e. The minimum atomic E-state index is -3.95. The molecular weight excluding hydrogens is 615 g/mol. The third-order valence-electron chi connectivity index (χ3n) is 8.03. The third kappa shape index (κ3) is 7.23. The van der Waals surface area contributed by atoms with E-state index in [9.17, 15) is 24.1 Å². The van der Waals surface area contributed by atoms with Crippen molar-refractivity contribution in [1.82, 2.24) is 24.2 Å². The monoisotopic (exact) mass is 653 g/mol. The summed E-state index contributed by atoms with van der Waals surface area (Å²) in [5.74, 6) is -4.36. The molecule has 0 amide bonds. The molecule has 13 nitrogen and oxygen atoms in total. The van der Waals surface area contributed by atoms with Crippen LogP contribution in [0.1, 0.15) is 54.7 Å². The van der Waals surface area contributed by atoms with Crippen LogP contribution in [0.3, 0.4) is 0 Å². The number of carbonyl (C=O) groups excluding carboxylic acids is 2. The largest absolute Gasteiger partial charge is 0.457 e. The Morgan fingerprint density at radius 3 is 2.58 bits per heavy atom. The zero-order chi connectivity index (χ0) is 33.4. The number of aliphatic hydroxyl groups is 1. The van der Waals surface area contributed by atoms with Gasteiger partial charge in [0.15, 0.2) is 6.10 Å². The van der Waals surface area contributed by atoms with E-state index in [-0.39, 0.29) is 24.5 Å². The summed E-state index contributed by atoms with van der Waals surface area (Å²) in [5.41, 5.74) is 3.84. The Labute approximate surface area is 258 Å². The minimum Gasteiger partial charge on any atom is -0.457 e. The molecule has 0 spiro atoms. The highest BCUT2D eigenvalue weighted by Gasteiger charge is 2.60. The van der Waals surface area contributed by atoms with E-state index in [1.165, 1.54) is 19.7 Å². The van der Waals surface area contributed by atoms with Gasteiger partial charge in [-0.3, -0.25) is 18.7 Å². The summed E-state index contributed by atoms with van der Waals surface area (Å²) in [5, 5.41) is 12.8. The van der Waals surface area contributed by atoms with Crippen molar-refractivity contribution in [1.29, 1.82) is 0 Å². The average Bonchev–Trinajstić information content (AvgIpc) is 3.40. The molecule has 2 N–H and O–H groups in total. The maximum Gasteiger partial charge on any atom is 0.350 e. The Balaban J connectivity index is 1.39. The van der Waals surface area contributed by atoms with Crippen molar-refractivity contribution in [2.24, 2.45) is 7.05 Å². The Bertz CT molecular complexity index is 1720. The number of ketones is 1. The van der Waals surface area contributed by atoms with Gasteiger partial charge in [0.1, 0.15) is 24.3 Å². The zero-order valence-corrected chi connectivity index (χ0v) is 27.1. The molecule has 1 aromatic carbocycles. The number of aryl methyl sites for hydroxylation is 3. The first-order chi connectivity index (χ1) is 21.0. The molecule has 0 radical (unpaired) electrons. The molecule has 1 unspecified atom stereocenters. The van der Waals surface area contributed by atoms with Gasteiger partial charge in [-0.15, -0.1) is 0 Å². The molecule has 1 saturated heterocycles. The van der Waals surface area contributed by atoms with Crippen molar-refractivity contribution in [3.63, 3.8) is 0 Å². The minimum absolute atomic E-state index is 0.0242. The highest BCUT2D eigenvalue weighted by molar-refractivity contribution is 7.56. The van der Waals surface area contributed by atoms with Gasteiger partial charge >= 0.3 is 17.6 Å². The third-order valence-corrected chi connectivity index (χ3v) is 9.53. The summed E-state index contributed by atoms with van der Waals surface area (Å²) in [6.45, 7) is 9.47. The number of hydrogen-bond donors (Lipinski definition) is 2. The molecule has 3 heterocycles. The zero-order valence-electron chi connectivity index (χ0n) is 26.2. The number of halogens is 2. The molecule has 1 fully saturated rings. The molecular formula is C29H38F2N5O8P. The molecule has 16 heteroatoms. The van der Waals surface area contributed by atoms with Gasteiger partial charge in [0.25, 0.3) is 7.52 Å². The first-order valence-corrected chi connectivity index (χ1v) is 16.4. The van der Waals surface area contributed by atoms with Gasteiger partial charge in [0.05, 0.1) is 35.8 Å². The van der Waals surface area contributed by atoms with Crippen molar-refractivity contribution in [3.05, 3.63) is 57.0 Å². The summed E-state index contributed by atoms with van der Waals surface area (Å²) in [6.07, 6.45) is -5.54. The molecule has 0 bridgehead atoms. The van der Waals surface area contributed by atoms with Crippen LogP contribution in [-0.4, -0.2) is 73.4 Å². The lowest BCUT2D eigenvalue weighted by molar-refractivity contribution is -0.144. The van der Waals surface area contributed by atoms with Crippen molar-refractivity contribution in [3.8, 4) is 0 Å². The van der Waals surface area contributed by atoms with Crippen LogP contribution >= 0.6 is 7.52 Å². The lowest BCUT2D eigenvalue weighted by atomic mass is 10.0. The number of benzene rings is 1. The number of fused-ring (bicyclic) bond motifs is 1. The van der Waals surface area contributed by atoms with Crippen LogP contribution in [0.2, 0.25) is 0 Å². The molecule has 4 rings (SSSR count). The number of carbonyl (C=O) groups is 2. The predicted octanol–water partition coefficient (Wildman–Crippen LogP) is 3.03. The van der Waals surface area contributed by atoms with Gasteiger partial charge in [-0.25, -0.2) is 14.9 Å². The number of imidazole rings is 1. The van der Waals surface area contributed by atoms with Crippen LogP contribution in [0.15, 0.2) is 23.1 Å². The van der Waals surface area contributed by atoms with Crippen LogP contribution in [0.4, 0.5) is 8.78 Å². The molecule has 1 aliphatic rings. The fraction of sp³-hybridized carbons (Fsp3) is 0.552. The first kappa shape index (κ1) is 34.5. The number of rotatable bonds is 12. The summed E-state index contributed by atoms with van der Waals surface area (Å²) in [4.78, 5) is 45.4. The van der Waals surface area contributed by atoms with Crippen LogP contribution in [0, 0.1) is 20.8 Å². The van der Waals surface area contributed by atoms with Gasteiger partial charge in [0.2, 0.25) is 6.23 Å². The topological polar surface area (TPSA) is 164 Å². The van der Waals surface area contributed by atoms with Crippen molar-refractivity contribution in [2.45, 2.75) is 84.5 Å². The number of esters is 1. The summed E-state index contributed by atoms with van der Waals surface area (Å²) >= 11 is 0. The quantitative estimate of drug-likeness (QED) is 0.218. The van der Waals surface area contributed by atoms with Crippen molar-refractivity contribution >= 4 is 30.3 Å². The molecule has 45 heavy (non-hydrogen) atoms. The van der Waals surface area contributed by atoms with Gasteiger partial charge in [-0.05, 0) is 56.5 Å². The number of nitrogens with zero attached hydrogens (tertiary/aromatic N) is 4. The number of nitrogens with one attached hydrogen (secondary N) is 1. The van der Waals surface area contributed by atoms with Gasteiger partial charge in [0, 0.05) is 26.3 Å². The second-order valence-electron chi connectivity index (χ2n) is 11.3. The van der Waals surface area contributed by atoms with E-state index < -0.39 is 62.6 Å². The normalized spacial score (nSPS) is 21.5. The number of hydrogen-bond acceptors (Lipinski definition) is 10. The van der Waals surface area contributed by atoms with Gasteiger partial charge < -0.3 is 23.7 Å². The molecule has 5 atom stereocenters. The molecule has 246 valence electrons. The Hall–Kier alpha value is -3.36. The molecule has 2 aromatic heterocycles. The predicted molar refractivity (Wildman–Crippen MR) is 159 cm³/mol. The number of Topliss-reactive ketones (excluding diaryl/α,β-unsaturated/α-hetero) is 1. The van der Waals surface area contributed by atoms with Crippen LogP contribution < -0.4 is 10.8 Å². The van der Waals surface area contributed by atoms with E-state index in [0.717, 1.165) is 33.9 Å². The Morgan fingerprint density at radius 1 is 1.24 bits per heavy atom. The van der Waals surface area contributed by atoms with E-state index in [2.05, 4.69) is 15.1 Å². The summed E-state index contributed by atoms with van der Waals surface area (Å²) < 4.78 is 61.0. The fourth-order valence-electron chi connectivity index (χ4n) is 5.19. The molecule has 1 aliphatic heterocycles. The molecule has 0 aliphatic carbocycles. The molecule has 0 saturated carbocycles. The SMILES string of the molecule is CCC(=O)[C@H](C)NP(C)(=O)OC[C@H]1O[C@@H](n2ccc(CC(=O)OCc3nc4cc(C)c(C)c(C)c4n3C)nc2=O)C(F)(F)[C@@H]1O. The van der Waals surface area contributed by atoms with Crippen molar-refractivity contribution in [2.75, 3.05) is 13.3 Å². The van der Waals surface area contributed by atoms with E-state index >= 15 is 8.78 Å². The van der Waals surface area contributed by atoms with E-state index in [0.29, 0.717) is 10.4 Å². The highest BCUT2D eigenvalue weighted by atomic mass is 31.2. The van der Waals surface area contributed by atoms with Crippen molar-refractivity contribution < 1.29 is 42.0 Å². The number of alkyl halides is 2. The summed E-state index contributed by atoms with van der Waals surface area (Å²) in [6, 6.07) is 2.35. The van der Waals surface area contributed by atoms with E-state index in [1.54, 1.807) is 6.92 Å². The fourth-order valence-corrected chi connectivity index (χ4v) is 6.54. The maximum absolute atomic E-state index is 15.0. The lowest BCUT2D eigenvalue weighted by Crippen LogP contribution is -2.42.